The minimum absolute atomic E-state index is 0.0185. The van der Waals surface area contributed by atoms with E-state index in [0.717, 1.165) is 5.69 Å². The number of non-ortho nitro benzene ring substituents is 1. The summed E-state index contributed by atoms with van der Waals surface area (Å²) >= 11 is 12.3. The maximum absolute atomic E-state index is 12.4. The molecule has 1 aliphatic heterocycles. The molecule has 1 N–H and O–H groups in total. The Hall–Kier alpha value is -2.51. The second kappa shape index (κ2) is 7.80. The first-order chi connectivity index (χ1) is 12.5. The summed E-state index contributed by atoms with van der Waals surface area (Å²) in [6, 6.07) is 11.0. The molecule has 0 radical (unpaired) electrons. The molecule has 0 saturated carbocycles. The summed E-state index contributed by atoms with van der Waals surface area (Å²) in [5.74, 6) is 0. The molecule has 1 heterocycles. The number of nitro benzene ring substituents is 1. The molecule has 0 bridgehead atoms. The van der Waals surface area contributed by atoms with Gasteiger partial charge in [-0.15, -0.1) is 0 Å². The summed E-state index contributed by atoms with van der Waals surface area (Å²) in [5.41, 5.74) is 1.35. The molecule has 0 aromatic heterocycles. The van der Waals surface area contributed by atoms with Gasteiger partial charge in [0, 0.05) is 44.0 Å². The second-order valence-electron chi connectivity index (χ2n) is 5.78. The quantitative estimate of drug-likeness (QED) is 0.622. The van der Waals surface area contributed by atoms with Gasteiger partial charge in [0.2, 0.25) is 0 Å². The fourth-order valence-electron chi connectivity index (χ4n) is 2.76. The van der Waals surface area contributed by atoms with Crippen LogP contribution in [0.3, 0.4) is 0 Å². The van der Waals surface area contributed by atoms with E-state index >= 15 is 0 Å². The highest BCUT2D eigenvalue weighted by Crippen LogP contribution is 2.32. The summed E-state index contributed by atoms with van der Waals surface area (Å²) in [7, 11) is 0. The molecule has 136 valence electrons. The SMILES string of the molecule is O=C(Nc1ccc([N+](=O)[O-])cc1)N1CCN(c2cccc(Cl)c2Cl)CC1. The van der Waals surface area contributed by atoms with Gasteiger partial charge in [-0.3, -0.25) is 10.1 Å². The van der Waals surface area contributed by atoms with E-state index in [9.17, 15) is 14.9 Å². The third-order valence-corrected chi connectivity index (χ3v) is 4.98. The van der Waals surface area contributed by atoms with Crippen molar-refractivity contribution < 1.29 is 9.72 Å². The van der Waals surface area contributed by atoms with Gasteiger partial charge >= 0.3 is 6.03 Å². The molecule has 1 fully saturated rings. The number of amides is 2. The van der Waals surface area contributed by atoms with Crippen LogP contribution in [0.5, 0.6) is 0 Å². The highest BCUT2D eigenvalue weighted by atomic mass is 35.5. The lowest BCUT2D eigenvalue weighted by Gasteiger charge is -2.36. The van der Waals surface area contributed by atoms with Gasteiger partial charge in [0.15, 0.2) is 0 Å². The van der Waals surface area contributed by atoms with Crippen molar-refractivity contribution in [2.45, 2.75) is 0 Å². The van der Waals surface area contributed by atoms with Gasteiger partial charge in [-0.25, -0.2) is 4.79 Å². The number of anilines is 2. The van der Waals surface area contributed by atoms with Crippen molar-refractivity contribution in [2.24, 2.45) is 0 Å². The number of halogens is 2. The number of carbonyl (C=O) groups is 1. The summed E-state index contributed by atoms with van der Waals surface area (Å²) in [5, 5.41) is 14.4. The molecule has 9 heteroatoms. The zero-order chi connectivity index (χ0) is 18.7. The van der Waals surface area contributed by atoms with Gasteiger partial charge in [-0.05, 0) is 24.3 Å². The summed E-state index contributed by atoms with van der Waals surface area (Å²) in [6.07, 6.45) is 0. The first-order valence-electron chi connectivity index (χ1n) is 7.95. The largest absolute Gasteiger partial charge is 0.367 e. The number of benzene rings is 2. The molecule has 0 spiro atoms. The maximum atomic E-state index is 12.4. The van der Waals surface area contributed by atoms with E-state index in [0.29, 0.717) is 41.9 Å². The first-order valence-corrected chi connectivity index (χ1v) is 8.70. The third-order valence-electron chi connectivity index (χ3n) is 4.17. The van der Waals surface area contributed by atoms with Crippen LogP contribution in [0.4, 0.5) is 21.9 Å². The van der Waals surface area contributed by atoms with Crippen LogP contribution < -0.4 is 10.2 Å². The van der Waals surface area contributed by atoms with E-state index in [4.69, 9.17) is 23.2 Å². The van der Waals surface area contributed by atoms with Crippen molar-refractivity contribution in [1.29, 1.82) is 0 Å². The normalized spacial score (nSPS) is 14.2. The van der Waals surface area contributed by atoms with Crippen molar-refractivity contribution in [1.82, 2.24) is 4.90 Å². The number of nitro groups is 1. The van der Waals surface area contributed by atoms with Crippen molar-refractivity contribution >= 4 is 46.3 Å². The van der Waals surface area contributed by atoms with Gasteiger partial charge < -0.3 is 15.1 Å². The van der Waals surface area contributed by atoms with Crippen molar-refractivity contribution in [3.8, 4) is 0 Å². The van der Waals surface area contributed by atoms with E-state index in [1.54, 1.807) is 11.0 Å². The Balaban J connectivity index is 1.58. The van der Waals surface area contributed by atoms with Crippen LogP contribution >= 0.6 is 23.2 Å². The number of nitrogens with zero attached hydrogens (tertiary/aromatic N) is 3. The van der Waals surface area contributed by atoms with Crippen LogP contribution in [0.2, 0.25) is 10.0 Å². The predicted molar refractivity (Wildman–Crippen MR) is 102 cm³/mol. The zero-order valence-corrected chi connectivity index (χ0v) is 15.2. The predicted octanol–water partition coefficient (Wildman–Crippen LogP) is 4.26. The Kier molecular flexibility index (Phi) is 5.49. The fraction of sp³-hybridized carbons (Fsp3) is 0.235. The molecule has 0 atom stereocenters. The molecule has 2 aromatic carbocycles. The van der Waals surface area contributed by atoms with Gasteiger partial charge in [-0.1, -0.05) is 29.3 Å². The first kappa shape index (κ1) is 18.3. The van der Waals surface area contributed by atoms with Crippen LogP contribution in [0.1, 0.15) is 0 Å². The van der Waals surface area contributed by atoms with E-state index in [2.05, 4.69) is 10.2 Å². The smallest absolute Gasteiger partial charge is 0.321 e. The number of urea groups is 1. The molecule has 1 aliphatic rings. The molecule has 2 amide bonds. The standard InChI is InChI=1S/C17H16Cl2N4O3/c18-14-2-1-3-15(16(14)19)21-8-10-22(11-9-21)17(24)20-12-4-6-13(7-5-12)23(25)26/h1-7H,8-11H2,(H,20,24). The number of rotatable bonds is 3. The van der Waals surface area contributed by atoms with Gasteiger partial charge in [0.1, 0.15) is 0 Å². The molecular formula is C17H16Cl2N4O3. The van der Waals surface area contributed by atoms with Crippen LogP contribution in [-0.4, -0.2) is 42.0 Å². The molecule has 3 rings (SSSR count). The average molecular weight is 395 g/mol. The Labute approximate surface area is 160 Å². The fourth-order valence-corrected chi connectivity index (χ4v) is 3.17. The summed E-state index contributed by atoms with van der Waals surface area (Å²) in [6.45, 7) is 2.32. The summed E-state index contributed by atoms with van der Waals surface area (Å²) in [4.78, 5) is 26.3. The topological polar surface area (TPSA) is 78.7 Å². The van der Waals surface area contributed by atoms with Crippen molar-refractivity contribution in [2.75, 3.05) is 36.4 Å². The molecule has 0 unspecified atom stereocenters. The number of hydrogen-bond donors (Lipinski definition) is 1. The Bertz CT molecular complexity index is 821. The highest BCUT2D eigenvalue weighted by molar-refractivity contribution is 6.43. The van der Waals surface area contributed by atoms with Crippen molar-refractivity contribution in [3.05, 3.63) is 62.6 Å². The number of piperazine rings is 1. The van der Waals surface area contributed by atoms with Crippen molar-refractivity contribution in [3.63, 3.8) is 0 Å². The lowest BCUT2D eigenvalue weighted by molar-refractivity contribution is -0.384. The number of hydrogen-bond acceptors (Lipinski definition) is 4. The van der Waals surface area contributed by atoms with E-state index in [1.165, 1.54) is 24.3 Å². The van der Waals surface area contributed by atoms with Crippen LogP contribution in [-0.2, 0) is 0 Å². The second-order valence-corrected chi connectivity index (χ2v) is 6.57. The molecular weight excluding hydrogens is 379 g/mol. The van der Waals surface area contributed by atoms with Gasteiger partial charge in [0.05, 0.1) is 20.7 Å². The molecule has 26 heavy (non-hydrogen) atoms. The Morgan fingerprint density at radius 3 is 2.31 bits per heavy atom. The van der Waals surface area contributed by atoms with E-state index < -0.39 is 4.92 Å². The molecule has 2 aromatic rings. The minimum atomic E-state index is -0.480. The number of nitrogens with one attached hydrogen (secondary N) is 1. The monoisotopic (exact) mass is 394 g/mol. The number of carbonyl (C=O) groups excluding carboxylic acids is 1. The Morgan fingerprint density at radius 2 is 1.69 bits per heavy atom. The zero-order valence-electron chi connectivity index (χ0n) is 13.7. The summed E-state index contributed by atoms with van der Waals surface area (Å²) < 4.78 is 0. The van der Waals surface area contributed by atoms with Gasteiger partial charge in [0.25, 0.3) is 5.69 Å². The lowest BCUT2D eigenvalue weighted by atomic mass is 10.2. The van der Waals surface area contributed by atoms with E-state index in [-0.39, 0.29) is 11.7 Å². The third kappa shape index (κ3) is 4.00. The maximum Gasteiger partial charge on any atom is 0.321 e. The average Bonchev–Trinajstić information content (AvgIpc) is 2.64. The van der Waals surface area contributed by atoms with E-state index in [1.807, 2.05) is 12.1 Å². The van der Waals surface area contributed by atoms with Gasteiger partial charge in [-0.2, -0.15) is 0 Å². The Morgan fingerprint density at radius 1 is 1.04 bits per heavy atom. The van der Waals surface area contributed by atoms with Crippen LogP contribution in [0, 0.1) is 10.1 Å². The molecule has 7 nitrogen and oxygen atoms in total. The minimum Gasteiger partial charge on any atom is -0.367 e. The molecule has 0 aliphatic carbocycles. The van der Waals surface area contributed by atoms with Crippen LogP contribution in [0.15, 0.2) is 42.5 Å². The lowest BCUT2D eigenvalue weighted by Crippen LogP contribution is -2.50. The highest BCUT2D eigenvalue weighted by Gasteiger charge is 2.23. The van der Waals surface area contributed by atoms with Crippen LogP contribution in [0.25, 0.3) is 0 Å². The molecule has 1 saturated heterocycles.